The second kappa shape index (κ2) is 4.53. The van der Waals surface area contributed by atoms with Crippen molar-refractivity contribution in [2.75, 3.05) is 11.9 Å². The molecule has 1 saturated carbocycles. The Morgan fingerprint density at radius 2 is 2.33 bits per heavy atom. The molecular formula is C15H18N4O2. The SMILES string of the molecule is O=C1NCc2cc(NC(=O)[C@]34CCC[C@H]3NCC4)cnc21. The van der Waals surface area contributed by atoms with E-state index in [4.69, 9.17) is 0 Å². The van der Waals surface area contributed by atoms with Gasteiger partial charge in [-0.3, -0.25) is 9.59 Å². The van der Waals surface area contributed by atoms with Crippen molar-refractivity contribution in [2.45, 2.75) is 38.3 Å². The van der Waals surface area contributed by atoms with Crippen LogP contribution in [0.15, 0.2) is 12.3 Å². The molecule has 3 N–H and O–H groups in total. The maximum Gasteiger partial charge on any atom is 0.270 e. The number of aromatic nitrogens is 1. The molecule has 21 heavy (non-hydrogen) atoms. The molecule has 2 aliphatic heterocycles. The van der Waals surface area contributed by atoms with Crippen LogP contribution >= 0.6 is 0 Å². The monoisotopic (exact) mass is 286 g/mol. The van der Waals surface area contributed by atoms with Crippen LogP contribution in [0.25, 0.3) is 0 Å². The van der Waals surface area contributed by atoms with Crippen LogP contribution in [0, 0.1) is 5.41 Å². The van der Waals surface area contributed by atoms with Gasteiger partial charge in [-0.15, -0.1) is 0 Å². The van der Waals surface area contributed by atoms with Crippen molar-refractivity contribution in [1.82, 2.24) is 15.6 Å². The van der Waals surface area contributed by atoms with Gasteiger partial charge in [-0.05, 0) is 31.9 Å². The molecule has 3 aliphatic rings. The molecule has 2 amide bonds. The molecule has 0 spiro atoms. The Hall–Kier alpha value is -1.95. The normalized spacial score (nSPS) is 29.9. The largest absolute Gasteiger partial charge is 0.347 e. The Morgan fingerprint density at radius 1 is 1.43 bits per heavy atom. The molecular weight excluding hydrogens is 268 g/mol. The van der Waals surface area contributed by atoms with Crippen molar-refractivity contribution in [3.63, 3.8) is 0 Å². The molecule has 4 rings (SSSR count). The molecule has 1 saturated heterocycles. The average Bonchev–Trinajstić information content (AvgIpc) is 3.13. The number of carbonyl (C=O) groups is 2. The maximum absolute atomic E-state index is 12.7. The van der Waals surface area contributed by atoms with Crippen LogP contribution in [0.1, 0.15) is 41.7 Å². The molecule has 6 nitrogen and oxygen atoms in total. The van der Waals surface area contributed by atoms with E-state index >= 15 is 0 Å². The molecule has 6 heteroatoms. The Balaban J connectivity index is 1.56. The lowest BCUT2D eigenvalue weighted by Crippen LogP contribution is -2.41. The van der Waals surface area contributed by atoms with Crippen LogP contribution in [0.4, 0.5) is 5.69 Å². The fourth-order valence-corrected chi connectivity index (χ4v) is 3.96. The Morgan fingerprint density at radius 3 is 3.24 bits per heavy atom. The van der Waals surface area contributed by atoms with E-state index in [0.717, 1.165) is 37.8 Å². The quantitative estimate of drug-likeness (QED) is 0.751. The number of rotatable bonds is 2. The van der Waals surface area contributed by atoms with Crippen molar-refractivity contribution in [3.8, 4) is 0 Å². The standard InChI is InChI=1S/C15H18N4O2/c20-13-12-9(7-18-13)6-10(8-17-12)19-14(21)15-3-1-2-11(15)16-5-4-15/h6,8,11,16H,1-5,7H2,(H,18,20)(H,19,21)/t11-,15+/m1/s1. The number of fused-ring (bicyclic) bond motifs is 2. The van der Waals surface area contributed by atoms with Crippen molar-refractivity contribution in [3.05, 3.63) is 23.5 Å². The maximum atomic E-state index is 12.7. The van der Waals surface area contributed by atoms with Gasteiger partial charge in [0, 0.05) is 18.2 Å². The second-order valence-electron chi connectivity index (χ2n) is 6.17. The molecule has 2 fully saturated rings. The van der Waals surface area contributed by atoms with Crippen LogP contribution in [-0.4, -0.2) is 29.4 Å². The lowest BCUT2D eigenvalue weighted by molar-refractivity contribution is -0.125. The van der Waals surface area contributed by atoms with E-state index in [1.807, 2.05) is 6.07 Å². The number of nitrogens with zero attached hydrogens (tertiary/aromatic N) is 1. The molecule has 0 aromatic carbocycles. The van der Waals surface area contributed by atoms with Gasteiger partial charge in [0.2, 0.25) is 5.91 Å². The van der Waals surface area contributed by atoms with Crippen molar-refractivity contribution in [2.24, 2.45) is 5.41 Å². The molecule has 0 unspecified atom stereocenters. The predicted octanol–water partition coefficient (Wildman–Crippen LogP) is 0.796. The lowest BCUT2D eigenvalue weighted by atomic mass is 9.81. The zero-order chi connectivity index (χ0) is 14.4. The van der Waals surface area contributed by atoms with E-state index in [9.17, 15) is 9.59 Å². The van der Waals surface area contributed by atoms with Crippen molar-refractivity contribution < 1.29 is 9.59 Å². The average molecular weight is 286 g/mol. The lowest BCUT2D eigenvalue weighted by Gasteiger charge is -2.27. The first-order valence-corrected chi connectivity index (χ1v) is 7.51. The van der Waals surface area contributed by atoms with Gasteiger partial charge in [-0.1, -0.05) is 6.42 Å². The molecule has 110 valence electrons. The third kappa shape index (κ3) is 1.86. The summed E-state index contributed by atoms with van der Waals surface area (Å²) in [5, 5.41) is 9.18. The summed E-state index contributed by atoms with van der Waals surface area (Å²) in [4.78, 5) is 28.4. The topological polar surface area (TPSA) is 83.1 Å². The van der Waals surface area contributed by atoms with E-state index in [1.165, 1.54) is 0 Å². The van der Waals surface area contributed by atoms with E-state index in [2.05, 4.69) is 20.9 Å². The zero-order valence-corrected chi connectivity index (χ0v) is 11.7. The third-order valence-electron chi connectivity index (χ3n) is 5.08. The van der Waals surface area contributed by atoms with Gasteiger partial charge in [-0.25, -0.2) is 4.98 Å². The summed E-state index contributed by atoms with van der Waals surface area (Å²) < 4.78 is 0. The minimum Gasteiger partial charge on any atom is -0.347 e. The van der Waals surface area contributed by atoms with E-state index in [0.29, 0.717) is 24.0 Å². The molecule has 1 aromatic heterocycles. The van der Waals surface area contributed by atoms with Crippen LogP contribution in [0.5, 0.6) is 0 Å². The summed E-state index contributed by atoms with van der Waals surface area (Å²) in [6.45, 7) is 1.40. The van der Waals surface area contributed by atoms with Crippen LogP contribution in [0.2, 0.25) is 0 Å². The summed E-state index contributed by atoms with van der Waals surface area (Å²) in [5.41, 5.74) is 1.74. The van der Waals surface area contributed by atoms with Crippen molar-refractivity contribution >= 4 is 17.5 Å². The Bertz CT molecular complexity index is 618. The highest BCUT2D eigenvalue weighted by atomic mass is 16.2. The zero-order valence-electron chi connectivity index (χ0n) is 11.7. The number of carbonyl (C=O) groups excluding carboxylic acids is 2. The van der Waals surface area contributed by atoms with Gasteiger partial charge < -0.3 is 16.0 Å². The third-order valence-corrected chi connectivity index (χ3v) is 5.08. The van der Waals surface area contributed by atoms with Gasteiger partial charge in [-0.2, -0.15) is 0 Å². The number of pyridine rings is 1. The van der Waals surface area contributed by atoms with Crippen LogP contribution < -0.4 is 16.0 Å². The molecule has 0 bridgehead atoms. The van der Waals surface area contributed by atoms with Crippen LogP contribution in [0.3, 0.4) is 0 Å². The van der Waals surface area contributed by atoms with Gasteiger partial charge in [0.25, 0.3) is 5.91 Å². The van der Waals surface area contributed by atoms with Gasteiger partial charge in [0.1, 0.15) is 5.69 Å². The summed E-state index contributed by atoms with van der Waals surface area (Å²) in [6.07, 6.45) is 5.61. The minimum absolute atomic E-state index is 0.0917. The molecule has 1 aromatic rings. The second-order valence-corrected chi connectivity index (χ2v) is 6.17. The molecule has 1 aliphatic carbocycles. The Labute approximate surface area is 122 Å². The first-order valence-electron chi connectivity index (χ1n) is 7.51. The summed E-state index contributed by atoms with van der Waals surface area (Å²) in [7, 11) is 0. The fourth-order valence-electron chi connectivity index (χ4n) is 3.96. The highest BCUT2D eigenvalue weighted by Gasteiger charge is 2.51. The fraction of sp³-hybridized carbons (Fsp3) is 0.533. The number of hydrogen-bond acceptors (Lipinski definition) is 4. The molecule has 3 heterocycles. The summed E-state index contributed by atoms with van der Waals surface area (Å²) in [6, 6.07) is 2.16. The highest BCUT2D eigenvalue weighted by molar-refractivity contribution is 5.99. The predicted molar refractivity (Wildman–Crippen MR) is 76.7 cm³/mol. The minimum atomic E-state index is -0.257. The summed E-state index contributed by atoms with van der Waals surface area (Å²) >= 11 is 0. The number of anilines is 1. The van der Waals surface area contributed by atoms with Gasteiger partial charge in [0.05, 0.1) is 17.3 Å². The smallest absolute Gasteiger partial charge is 0.270 e. The van der Waals surface area contributed by atoms with Gasteiger partial charge in [0.15, 0.2) is 0 Å². The number of nitrogens with one attached hydrogen (secondary N) is 3. The first-order chi connectivity index (χ1) is 10.2. The molecule has 0 radical (unpaired) electrons. The van der Waals surface area contributed by atoms with E-state index < -0.39 is 0 Å². The van der Waals surface area contributed by atoms with Gasteiger partial charge >= 0.3 is 0 Å². The number of amides is 2. The summed E-state index contributed by atoms with van der Waals surface area (Å²) in [5.74, 6) is -0.0497. The van der Waals surface area contributed by atoms with E-state index in [-0.39, 0.29) is 17.2 Å². The molecule has 2 atom stereocenters. The van der Waals surface area contributed by atoms with E-state index in [1.54, 1.807) is 6.20 Å². The van der Waals surface area contributed by atoms with Crippen molar-refractivity contribution in [1.29, 1.82) is 0 Å². The highest BCUT2D eigenvalue weighted by Crippen LogP contribution is 2.45. The van der Waals surface area contributed by atoms with Crippen LogP contribution in [-0.2, 0) is 11.3 Å². The number of hydrogen-bond donors (Lipinski definition) is 3. The Kier molecular flexibility index (Phi) is 2.75. The first kappa shape index (κ1) is 12.8.